The average Bonchev–Trinajstić information content (AvgIpc) is 1.99. The third-order valence-corrected chi connectivity index (χ3v) is 2.25. The van der Waals surface area contributed by atoms with E-state index >= 15 is 0 Å². The van der Waals surface area contributed by atoms with E-state index in [1.54, 1.807) is 0 Å². The maximum atomic E-state index is 2.28. The Morgan fingerprint density at radius 3 is 2.00 bits per heavy atom. The van der Waals surface area contributed by atoms with Crippen LogP contribution in [0.1, 0.15) is 37.5 Å². The molecule has 0 spiro atoms. The first-order chi connectivity index (χ1) is 6.87. The molecule has 1 aromatic carbocycles. The minimum atomic E-state index is 0.291. The summed E-state index contributed by atoms with van der Waals surface area (Å²) >= 11 is 0. The molecular weight excluding hydrogens is 180 g/mol. The van der Waals surface area contributed by atoms with Crippen molar-refractivity contribution >= 4 is 0 Å². The van der Waals surface area contributed by atoms with Crippen molar-refractivity contribution in [3.05, 3.63) is 47.0 Å². The van der Waals surface area contributed by atoms with Gasteiger partial charge in [0.25, 0.3) is 0 Å². The molecule has 0 N–H and O–H groups in total. The summed E-state index contributed by atoms with van der Waals surface area (Å²) in [5, 5.41) is 0. The minimum absolute atomic E-state index is 0.291. The van der Waals surface area contributed by atoms with Crippen LogP contribution in [0, 0.1) is 19.3 Å². The summed E-state index contributed by atoms with van der Waals surface area (Å²) in [7, 11) is 0. The third kappa shape index (κ3) is 4.83. The standard InChI is InChI=1S/C15H22/c1-12-9-13(2)11-14(10-12)7-6-8-15(3,4)5/h6,8-11H,7H2,1-5H3/b8-6-. The van der Waals surface area contributed by atoms with Gasteiger partial charge in [-0.3, -0.25) is 0 Å². The fraction of sp³-hybridized carbons (Fsp3) is 0.467. The summed E-state index contributed by atoms with van der Waals surface area (Å²) in [4.78, 5) is 0. The lowest BCUT2D eigenvalue weighted by molar-refractivity contribution is 0.542. The highest BCUT2D eigenvalue weighted by Crippen LogP contribution is 2.16. The molecule has 0 aromatic heterocycles. The van der Waals surface area contributed by atoms with E-state index < -0.39 is 0 Å². The molecule has 0 saturated carbocycles. The predicted molar refractivity (Wildman–Crippen MR) is 68.2 cm³/mol. The summed E-state index contributed by atoms with van der Waals surface area (Å²) in [6, 6.07) is 6.75. The zero-order chi connectivity index (χ0) is 11.5. The predicted octanol–water partition coefficient (Wildman–Crippen LogP) is 4.45. The van der Waals surface area contributed by atoms with Gasteiger partial charge in [-0.1, -0.05) is 62.2 Å². The van der Waals surface area contributed by atoms with Crippen molar-refractivity contribution in [3.8, 4) is 0 Å². The Bertz CT molecular complexity index is 331. The van der Waals surface area contributed by atoms with Crippen molar-refractivity contribution in [2.45, 2.75) is 41.0 Å². The van der Waals surface area contributed by atoms with Crippen LogP contribution in [-0.4, -0.2) is 0 Å². The molecule has 0 heterocycles. The van der Waals surface area contributed by atoms with Crippen LogP contribution in [0.2, 0.25) is 0 Å². The maximum Gasteiger partial charge on any atom is -0.00971 e. The van der Waals surface area contributed by atoms with Crippen molar-refractivity contribution in [3.63, 3.8) is 0 Å². The van der Waals surface area contributed by atoms with E-state index in [0.717, 1.165) is 6.42 Å². The van der Waals surface area contributed by atoms with Gasteiger partial charge in [-0.15, -0.1) is 0 Å². The highest BCUT2D eigenvalue weighted by molar-refractivity contribution is 5.29. The van der Waals surface area contributed by atoms with Gasteiger partial charge in [0.2, 0.25) is 0 Å². The van der Waals surface area contributed by atoms with Crippen LogP contribution in [0.4, 0.5) is 0 Å². The van der Waals surface area contributed by atoms with Crippen LogP contribution in [-0.2, 0) is 6.42 Å². The first kappa shape index (κ1) is 12.0. The first-order valence-corrected chi connectivity index (χ1v) is 5.62. The van der Waals surface area contributed by atoms with Gasteiger partial charge in [-0.25, -0.2) is 0 Å². The zero-order valence-electron chi connectivity index (χ0n) is 10.6. The van der Waals surface area contributed by atoms with E-state index in [1.165, 1.54) is 16.7 Å². The molecule has 0 fully saturated rings. The van der Waals surface area contributed by atoms with Crippen LogP contribution in [0.3, 0.4) is 0 Å². The Morgan fingerprint density at radius 1 is 1.00 bits per heavy atom. The van der Waals surface area contributed by atoms with Crippen molar-refractivity contribution in [2.24, 2.45) is 5.41 Å². The molecule has 0 aliphatic rings. The lowest BCUT2D eigenvalue weighted by Crippen LogP contribution is -1.98. The monoisotopic (exact) mass is 202 g/mol. The van der Waals surface area contributed by atoms with Gasteiger partial charge in [0.1, 0.15) is 0 Å². The number of hydrogen-bond acceptors (Lipinski definition) is 0. The fourth-order valence-corrected chi connectivity index (χ4v) is 1.74. The smallest absolute Gasteiger partial charge is 0.00971 e. The third-order valence-electron chi connectivity index (χ3n) is 2.25. The second kappa shape index (κ2) is 4.65. The Balaban J connectivity index is 2.70. The fourth-order valence-electron chi connectivity index (χ4n) is 1.74. The largest absolute Gasteiger partial charge is 0.0836 e. The topological polar surface area (TPSA) is 0 Å². The SMILES string of the molecule is Cc1cc(C)cc(C/C=C\C(C)(C)C)c1. The highest BCUT2D eigenvalue weighted by atomic mass is 14.1. The van der Waals surface area contributed by atoms with Gasteiger partial charge in [-0.2, -0.15) is 0 Å². The second-order valence-corrected chi connectivity index (χ2v) is 5.47. The van der Waals surface area contributed by atoms with Gasteiger partial charge in [-0.05, 0) is 31.2 Å². The van der Waals surface area contributed by atoms with E-state index in [2.05, 4.69) is 65.0 Å². The molecule has 1 aromatic rings. The summed E-state index contributed by atoms with van der Waals surface area (Å²) in [6.07, 6.45) is 5.60. The van der Waals surface area contributed by atoms with Gasteiger partial charge in [0.05, 0.1) is 0 Å². The number of allylic oxidation sites excluding steroid dienone is 2. The number of hydrogen-bond donors (Lipinski definition) is 0. The van der Waals surface area contributed by atoms with E-state index in [0.29, 0.717) is 5.41 Å². The van der Waals surface area contributed by atoms with Crippen LogP contribution >= 0.6 is 0 Å². The molecule has 0 atom stereocenters. The number of rotatable bonds is 2. The molecule has 0 saturated heterocycles. The van der Waals surface area contributed by atoms with Crippen molar-refractivity contribution in [1.82, 2.24) is 0 Å². The summed E-state index contributed by atoms with van der Waals surface area (Å²) in [5.41, 5.74) is 4.41. The molecule has 0 bridgehead atoms. The van der Waals surface area contributed by atoms with Gasteiger partial charge >= 0.3 is 0 Å². The normalized spacial score (nSPS) is 12.3. The molecular formula is C15H22. The van der Waals surface area contributed by atoms with Crippen molar-refractivity contribution < 1.29 is 0 Å². The molecule has 0 unspecified atom stereocenters. The lowest BCUT2D eigenvalue weighted by Gasteiger charge is -2.11. The lowest BCUT2D eigenvalue weighted by atomic mass is 9.95. The van der Waals surface area contributed by atoms with Crippen LogP contribution in [0.5, 0.6) is 0 Å². The van der Waals surface area contributed by atoms with Crippen LogP contribution < -0.4 is 0 Å². The Morgan fingerprint density at radius 2 is 1.53 bits per heavy atom. The molecule has 1 rings (SSSR count). The Kier molecular flexibility index (Phi) is 3.73. The minimum Gasteiger partial charge on any atom is -0.0836 e. The number of aryl methyl sites for hydroxylation is 2. The van der Waals surface area contributed by atoms with Crippen molar-refractivity contribution in [2.75, 3.05) is 0 Å². The maximum absolute atomic E-state index is 2.28. The molecule has 0 heteroatoms. The molecule has 0 aliphatic heterocycles. The molecule has 0 aliphatic carbocycles. The highest BCUT2D eigenvalue weighted by Gasteiger charge is 2.03. The molecule has 0 radical (unpaired) electrons. The second-order valence-electron chi connectivity index (χ2n) is 5.47. The van der Waals surface area contributed by atoms with Gasteiger partial charge in [0.15, 0.2) is 0 Å². The number of benzene rings is 1. The summed E-state index contributed by atoms with van der Waals surface area (Å²) < 4.78 is 0. The van der Waals surface area contributed by atoms with Gasteiger partial charge < -0.3 is 0 Å². The van der Waals surface area contributed by atoms with E-state index in [4.69, 9.17) is 0 Å². The van der Waals surface area contributed by atoms with E-state index in [-0.39, 0.29) is 0 Å². The van der Waals surface area contributed by atoms with E-state index in [1.807, 2.05) is 0 Å². The van der Waals surface area contributed by atoms with Crippen LogP contribution in [0.15, 0.2) is 30.4 Å². The first-order valence-electron chi connectivity index (χ1n) is 5.62. The molecule has 0 amide bonds. The average molecular weight is 202 g/mol. The quantitative estimate of drug-likeness (QED) is 0.622. The van der Waals surface area contributed by atoms with Crippen molar-refractivity contribution in [1.29, 1.82) is 0 Å². The Labute approximate surface area is 94.0 Å². The summed E-state index contributed by atoms with van der Waals surface area (Å²) in [5.74, 6) is 0. The summed E-state index contributed by atoms with van der Waals surface area (Å²) in [6.45, 7) is 11.0. The van der Waals surface area contributed by atoms with Gasteiger partial charge in [0, 0.05) is 0 Å². The molecule has 82 valence electrons. The Hall–Kier alpha value is -1.04. The molecule has 15 heavy (non-hydrogen) atoms. The van der Waals surface area contributed by atoms with E-state index in [9.17, 15) is 0 Å². The molecule has 0 nitrogen and oxygen atoms in total. The zero-order valence-corrected chi connectivity index (χ0v) is 10.6. The van der Waals surface area contributed by atoms with Crippen LogP contribution in [0.25, 0.3) is 0 Å².